The van der Waals surface area contributed by atoms with E-state index in [4.69, 9.17) is 0 Å². The van der Waals surface area contributed by atoms with Crippen molar-refractivity contribution in [2.75, 3.05) is 0 Å². The number of allylic oxidation sites excluding steroid dienone is 2. The van der Waals surface area contributed by atoms with Gasteiger partial charge in [-0.1, -0.05) is 71.4 Å². The quantitative estimate of drug-likeness (QED) is 0.253. The first-order valence-corrected chi connectivity index (χ1v) is 15.7. The number of carbonyl (C=O) groups excluding carboxylic acids is 4. The van der Waals surface area contributed by atoms with Crippen LogP contribution in [0.15, 0.2) is 59.1 Å². The second-order valence-electron chi connectivity index (χ2n) is 14.0. The Morgan fingerprint density at radius 1 is 1.00 bits per heavy atom. The van der Waals surface area contributed by atoms with E-state index >= 15 is 0 Å². The van der Waals surface area contributed by atoms with Crippen molar-refractivity contribution < 1.29 is 39.6 Å². The summed E-state index contributed by atoms with van der Waals surface area (Å²) in [6.07, 6.45) is 2.89. The van der Waals surface area contributed by atoms with Crippen molar-refractivity contribution in [3.05, 3.63) is 75.8 Å². The van der Waals surface area contributed by atoms with Crippen molar-refractivity contribution in [1.82, 2.24) is 0 Å². The van der Waals surface area contributed by atoms with E-state index in [9.17, 15) is 39.6 Å². The van der Waals surface area contributed by atoms with Gasteiger partial charge in [0.05, 0.1) is 5.56 Å². The highest BCUT2D eigenvalue weighted by Gasteiger charge is 2.71. The molecule has 8 heteroatoms. The number of ketones is 4. The van der Waals surface area contributed by atoms with E-state index in [1.54, 1.807) is 33.8 Å². The third kappa shape index (κ3) is 4.68. The number of phenols is 1. The van der Waals surface area contributed by atoms with Gasteiger partial charge in [0.2, 0.25) is 5.78 Å². The Bertz CT molecular complexity index is 1690. The molecule has 1 unspecified atom stereocenters. The molecular formula is C37H42O8. The Morgan fingerprint density at radius 2 is 1.64 bits per heavy atom. The van der Waals surface area contributed by atoms with Gasteiger partial charge in [-0.25, -0.2) is 0 Å². The number of hydrogen-bond donors (Lipinski definition) is 4. The summed E-state index contributed by atoms with van der Waals surface area (Å²) in [5.41, 5.74) is -3.08. The highest BCUT2D eigenvalue weighted by atomic mass is 16.3. The summed E-state index contributed by atoms with van der Waals surface area (Å²) < 4.78 is 0. The summed E-state index contributed by atoms with van der Waals surface area (Å²) in [5, 5.41) is 46.3. The van der Waals surface area contributed by atoms with Crippen LogP contribution in [0, 0.1) is 22.7 Å². The summed E-state index contributed by atoms with van der Waals surface area (Å²) in [4.78, 5) is 53.0. The van der Waals surface area contributed by atoms with Crippen LogP contribution in [0.5, 0.6) is 5.75 Å². The van der Waals surface area contributed by atoms with Crippen molar-refractivity contribution >= 4 is 23.1 Å². The van der Waals surface area contributed by atoms with Gasteiger partial charge in [-0.2, -0.15) is 0 Å². The van der Waals surface area contributed by atoms with Crippen LogP contribution in [-0.2, 0) is 27.2 Å². The van der Waals surface area contributed by atoms with Gasteiger partial charge in [0.15, 0.2) is 17.2 Å². The summed E-state index contributed by atoms with van der Waals surface area (Å²) in [7, 11) is 0. The lowest BCUT2D eigenvalue weighted by Crippen LogP contribution is -2.67. The average Bonchev–Trinajstić information content (AvgIpc) is 2.94. The molecule has 3 aliphatic carbocycles. The van der Waals surface area contributed by atoms with Gasteiger partial charge in [-0.15, -0.1) is 0 Å². The summed E-state index contributed by atoms with van der Waals surface area (Å²) in [5.74, 6) is -5.19. The van der Waals surface area contributed by atoms with Gasteiger partial charge in [-0.05, 0) is 60.4 Å². The van der Waals surface area contributed by atoms with Crippen LogP contribution in [0.25, 0.3) is 11.1 Å². The number of Topliss-reactive ketones (excluding diaryl/α,β-unsaturated/α-hetero) is 4. The molecule has 4 atom stereocenters. The molecule has 5 rings (SSSR count). The lowest BCUT2D eigenvalue weighted by molar-refractivity contribution is -0.171. The minimum atomic E-state index is -2.64. The maximum Gasteiger partial charge on any atom is 0.209 e. The first-order chi connectivity index (χ1) is 21.0. The van der Waals surface area contributed by atoms with E-state index in [-0.39, 0.29) is 41.4 Å². The molecule has 0 aliphatic heterocycles. The van der Waals surface area contributed by atoms with Crippen LogP contribution in [0.2, 0.25) is 0 Å². The molecule has 238 valence electrons. The smallest absolute Gasteiger partial charge is 0.209 e. The summed E-state index contributed by atoms with van der Waals surface area (Å²) in [6, 6.07) is 10.7. The van der Waals surface area contributed by atoms with Crippen molar-refractivity contribution in [2.45, 2.75) is 85.7 Å². The van der Waals surface area contributed by atoms with Crippen molar-refractivity contribution in [2.24, 2.45) is 22.7 Å². The second kappa shape index (κ2) is 11.1. The van der Waals surface area contributed by atoms with E-state index < -0.39 is 56.8 Å². The standard InChI is InChI=1S/C37H42O8/c1-7-8-9-23(39)16-21-10-12-22(13-11-21)24-14-15-26(40)28-25(24)17-35(5)18-36(6)29(19(2)3)31(41)27(20(4)38)33(43)37(36,45)34(44)30(35)32(28)42/h10-15,19,29,40-41,44-45H,7-9,16-18H2,1-6H3/t29?,35-,36-,37+/m1/s1. The van der Waals surface area contributed by atoms with Crippen LogP contribution in [0.4, 0.5) is 0 Å². The monoisotopic (exact) mass is 614 g/mol. The predicted octanol–water partition coefficient (Wildman–Crippen LogP) is 6.32. The van der Waals surface area contributed by atoms with E-state index in [0.717, 1.165) is 30.9 Å². The minimum absolute atomic E-state index is 0.0219. The number of phenolic OH excluding ortho intramolecular Hbond substituents is 1. The zero-order valence-corrected chi connectivity index (χ0v) is 26.8. The molecule has 2 aromatic rings. The SMILES string of the molecule is CCCCC(=O)Cc1ccc(-c2ccc(O)c3c2C[C@]2(C)C[C@]4(C)C(C(C)C)C(O)=C(C(C)=O)C(=O)[C@]4(O)C(O)=C2C3=O)cc1. The molecule has 3 aliphatic rings. The van der Waals surface area contributed by atoms with Crippen molar-refractivity contribution in [3.8, 4) is 16.9 Å². The summed E-state index contributed by atoms with van der Waals surface area (Å²) in [6.45, 7) is 10.2. The minimum Gasteiger partial charge on any atom is -0.511 e. The molecule has 0 radical (unpaired) electrons. The van der Waals surface area contributed by atoms with E-state index in [1.165, 1.54) is 6.07 Å². The number of fused-ring (bicyclic) bond motifs is 3. The fourth-order valence-electron chi connectivity index (χ4n) is 8.49. The molecular weight excluding hydrogens is 572 g/mol. The molecule has 2 aromatic carbocycles. The molecule has 0 spiro atoms. The fourth-order valence-corrected chi connectivity index (χ4v) is 8.49. The number of hydrogen-bond acceptors (Lipinski definition) is 8. The third-order valence-corrected chi connectivity index (χ3v) is 10.4. The Morgan fingerprint density at radius 3 is 2.22 bits per heavy atom. The first kappa shape index (κ1) is 32.4. The number of benzene rings is 2. The molecule has 0 heterocycles. The molecule has 0 bridgehead atoms. The van der Waals surface area contributed by atoms with Gasteiger partial charge < -0.3 is 20.4 Å². The molecule has 0 amide bonds. The molecule has 4 N–H and O–H groups in total. The van der Waals surface area contributed by atoms with Crippen LogP contribution >= 0.6 is 0 Å². The van der Waals surface area contributed by atoms with E-state index in [0.29, 0.717) is 24.0 Å². The number of carbonyl (C=O) groups is 4. The lowest BCUT2D eigenvalue weighted by Gasteiger charge is -2.59. The molecule has 45 heavy (non-hydrogen) atoms. The lowest BCUT2D eigenvalue weighted by atomic mass is 9.44. The number of unbranched alkanes of at least 4 members (excludes halogenated alkanes) is 1. The number of aliphatic hydroxyl groups is 3. The van der Waals surface area contributed by atoms with Crippen LogP contribution in [-0.4, -0.2) is 49.2 Å². The third-order valence-electron chi connectivity index (χ3n) is 10.4. The zero-order chi connectivity index (χ0) is 33.2. The van der Waals surface area contributed by atoms with Crippen molar-refractivity contribution in [1.29, 1.82) is 0 Å². The van der Waals surface area contributed by atoms with Crippen molar-refractivity contribution in [3.63, 3.8) is 0 Å². The van der Waals surface area contributed by atoms with Gasteiger partial charge in [0.25, 0.3) is 0 Å². The molecule has 8 nitrogen and oxygen atoms in total. The molecule has 0 aromatic heterocycles. The average molecular weight is 615 g/mol. The van der Waals surface area contributed by atoms with Crippen LogP contribution < -0.4 is 0 Å². The number of aromatic hydroxyl groups is 1. The van der Waals surface area contributed by atoms with Gasteiger partial charge in [-0.3, -0.25) is 19.2 Å². The highest BCUT2D eigenvalue weighted by molar-refractivity contribution is 6.25. The van der Waals surface area contributed by atoms with Crippen LogP contribution in [0.3, 0.4) is 0 Å². The fraction of sp³-hybridized carbons (Fsp3) is 0.459. The maximum absolute atomic E-state index is 14.3. The van der Waals surface area contributed by atoms with Crippen LogP contribution in [0.1, 0.15) is 88.7 Å². The Hall–Kier alpha value is -4.04. The Balaban J connectivity index is 1.66. The number of aliphatic hydroxyl groups excluding tert-OH is 2. The number of rotatable bonds is 8. The Kier molecular flexibility index (Phi) is 7.97. The van der Waals surface area contributed by atoms with Gasteiger partial charge in [0, 0.05) is 35.2 Å². The van der Waals surface area contributed by atoms with Gasteiger partial charge >= 0.3 is 0 Å². The normalized spacial score (nSPS) is 27.8. The predicted molar refractivity (Wildman–Crippen MR) is 169 cm³/mol. The molecule has 0 saturated heterocycles. The summed E-state index contributed by atoms with van der Waals surface area (Å²) >= 11 is 0. The molecule has 0 fully saturated rings. The highest BCUT2D eigenvalue weighted by Crippen LogP contribution is 2.65. The maximum atomic E-state index is 14.3. The Labute approximate surface area is 263 Å². The topological polar surface area (TPSA) is 149 Å². The second-order valence-corrected chi connectivity index (χ2v) is 14.0. The van der Waals surface area contributed by atoms with E-state index in [2.05, 4.69) is 0 Å². The first-order valence-electron chi connectivity index (χ1n) is 15.7. The largest absolute Gasteiger partial charge is 0.511 e. The van der Waals surface area contributed by atoms with Gasteiger partial charge in [0.1, 0.15) is 28.6 Å². The zero-order valence-electron chi connectivity index (χ0n) is 26.8. The molecule has 0 saturated carbocycles. The van der Waals surface area contributed by atoms with E-state index in [1.807, 2.05) is 31.2 Å².